The molecule has 0 amide bonds. The largest absolute Gasteiger partial charge is 0.350 e. The lowest BCUT2D eigenvalue weighted by molar-refractivity contribution is 0.0985. The van der Waals surface area contributed by atoms with Crippen LogP contribution in [0.15, 0.2) is 48.2 Å². The quantitative estimate of drug-likeness (QED) is 0.929. The van der Waals surface area contributed by atoms with E-state index in [1.165, 1.54) is 12.1 Å². The Labute approximate surface area is 133 Å². The summed E-state index contributed by atoms with van der Waals surface area (Å²) in [5, 5.41) is 2.81. The zero-order chi connectivity index (χ0) is 16.6. The van der Waals surface area contributed by atoms with Crippen molar-refractivity contribution in [3.8, 4) is 0 Å². The van der Waals surface area contributed by atoms with Gasteiger partial charge in [-0.15, -0.1) is 0 Å². The maximum Gasteiger partial charge on any atom is 0.210 e. The summed E-state index contributed by atoms with van der Waals surface area (Å²) in [4.78, 5) is 24.6. The third kappa shape index (κ3) is 2.68. The number of rotatable bonds is 3. The number of halogens is 1. The number of Topliss-reactive ketones (excluding diaryl/α,β-unsaturated/α-hetero) is 1. The van der Waals surface area contributed by atoms with Crippen LogP contribution in [0.4, 0.5) is 10.1 Å². The van der Waals surface area contributed by atoms with Crippen LogP contribution in [0.2, 0.25) is 0 Å². The van der Waals surface area contributed by atoms with Crippen molar-refractivity contribution in [1.29, 1.82) is 0 Å². The van der Waals surface area contributed by atoms with Gasteiger partial charge in [0.25, 0.3) is 0 Å². The van der Waals surface area contributed by atoms with Gasteiger partial charge in [-0.3, -0.25) is 9.59 Å². The summed E-state index contributed by atoms with van der Waals surface area (Å²) in [6.07, 6.45) is 1.96. The number of anilines is 1. The van der Waals surface area contributed by atoms with E-state index in [2.05, 4.69) is 5.32 Å². The van der Waals surface area contributed by atoms with Crippen LogP contribution < -0.4 is 5.32 Å². The summed E-state index contributed by atoms with van der Waals surface area (Å²) in [5.74, 6) is -0.994. The van der Waals surface area contributed by atoms with Crippen molar-refractivity contribution >= 4 is 17.3 Å². The first-order valence-electron chi connectivity index (χ1n) is 7.47. The van der Waals surface area contributed by atoms with Crippen molar-refractivity contribution in [2.45, 2.75) is 20.3 Å². The molecular weight excluding hydrogens is 293 g/mol. The standard InChI is InChI=1S/C19H16FNO2/c1-3-12-8-11(2)18(15(20)9-12)21-16-10-17(22)13-6-4-5-7-14(13)19(16)23/h4-10,21H,3H2,1-2H3. The van der Waals surface area contributed by atoms with Crippen LogP contribution in [0.1, 0.15) is 38.8 Å². The summed E-state index contributed by atoms with van der Waals surface area (Å²) >= 11 is 0. The van der Waals surface area contributed by atoms with E-state index in [0.717, 1.165) is 12.0 Å². The molecule has 1 aliphatic rings. The normalized spacial score (nSPS) is 13.6. The topological polar surface area (TPSA) is 46.2 Å². The van der Waals surface area contributed by atoms with Crippen LogP contribution in [-0.4, -0.2) is 11.6 Å². The second kappa shape index (κ2) is 5.80. The first-order valence-corrected chi connectivity index (χ1v) is 7.47. The fraction of sp³-hybridized carbons (Fsp3) is 0.158. The number of carbonyl (C=O) groups is 2. The molecule has 0 unspecified atom stereocenters. The average Bonchev–Trinajstić information content (AvgIpc) is 2.55. The highest BCUT2D eigenvalue weighted by Crippen LogP contribution is 2.27. The number of ketones is 2. The molecule has 0 radical (unpaired) electrons. The monoisotopic (exact) mass is 309 g/mol. The van der Waals surface area contributed by atoms with E-state index in [4.69, 9.17) is 0 Å². The Morgan fingerprint density at radius 1 is 1.09 bits per heavy atom. The molecule has 0 aromatic heterocycles. The highest BCUT2D eigenvalue weighted by molar-refractivity contribution is 6.25. The fourth-order valence-electron chi connectivity index (χ4n) is 2.72. The molecule has 0 heterocycles. The van der Waals surface area contributed by atoms with E-state index in [0.29, 0.717) is 16.7 Å². The minimum absolute atomic E-state index is 0.0972. The average molecular weight is 309 g/mol. The molecule has 2 aromatic rings. The van der Waals surface area contributed by atoms with Crippen LogP contribution in [0.3, 0.4) is 0 Å². The Morgan fingerprint density at radius 3 is 2.43 bits per heavy atom. The number of aryl methyl sites for hydroxylation is 2. The zero-order valence-electron chi connectivity index (χ0n) is 12.9. The summed E-state index contributed by atoms with van der Waals surface area (Å²) < 4.78 is 14.3. The molecule has 4 heteroatoms. The van der Waals surface area contributed by atoms with E-state index in [1.54, 1.807) is 31.2 Å². The van der Waals surface area contributed by atoms with Crippen molar-refractivity contribution in [1.82, 2.24) is 0 Å². The molecule has 2 aromatic carbocycles. The highest BCUT2D eigenvalue weighted by Gasteiger charge is 2.26. The van der Waals surface area contributed by atoms with Gasteiger partial charge in [-0.05, 0) is 30.5 Å². The second-order valence-electron chi connectivity index (χ2n) is 5.55. The summed E-state index contributed by atoms with van der Waals surface area (Å²) in [5.41, 5.74) is 2.62. The second-order valence-corrected chi connectivity index (χ2v) is 5.55. The molecule has 0 spiro atoms. The SMILES string of the molecule is CCc1cc(C)c(NC2=CC(=O)c3ccccc3C2=O)c(F)c1. The molecule has 116 valence electrons. The highest BCUT2D eigenvalue weighted by atomic mass is 19.1. The van der Waals surface area contributed by atoms with Gasteiger partial charge in [-0.2, -0.15) is 0 Å². The van der Waals surface area contributed by atoms with E-state index in [-0.39, 0.29) is 23.0 Å². The van der Waals surface area contributed by atoms with Crippen molar-refractivity contribution in [2.24, 2.45) is 0 Å². The minimum atomic E-state index is -0.429. The predicted molar refractivity (Wildman–Crippen MR) is 87.3 cm³/mol. The number of hydrogen-bond donors (Lipinski definition) is 1. The number of carbonyl (C=O) groups excluding carboxylic acids is 2. The van der Waals surface area contributed by atoms with E-state index in [1.807, 2.05) is 13.0 Å². The minimum Gasteiger partial charge on any atom is -0.350 e. The van der Waals surface area contributed by atoms with Crippen molar-refractivity contribution in [3.63, 3.8) is 0 Å². The third-order valence-electron chi connectivity index (χ3n) is 3.97. The Kier molecular flexibility index (Phi) is 3.82. The smallest absolute Gasteiger partial charge is 0.210 e. The van der Waals surface area contributed by atoms with E-state index < -0.39 is 5.82 Å². The fourth-order valence-corrected chi connectivity index (χ4v) is 2.72. The third-order valence-corrected chi connectivity index (χ3v) is 3.97. The maximum absolute atomic E-state index is 14.3. The Bertz CT molecular complexity index is 829. The Morgan fingerprint density at radius 2 is 1.78 bits per heavy atom. The van der Waals surface area contributed by atoms with Gasteiger partial charge in [0.1, 0.15) is 5.82 Å². The number of hydrogen-bond acceptors (Lipinski definition) is 3. The molecule has 0 atom stereocenters. The first-order chi connectivity index (χ1) is 11.0. The van der Waals surface area contributed by atoms with Gasteiger partial charge in [0.15, 0.2) is 5.78 Å². The summed E-state index contributed by atoms with van der Waals surface area (Å²) in [7, 11) is 0. The van der Waals surface area contributed by atoms with Gasteiger partial charge in [0, 0.05) is 17.2 Å². The summed E-state index contributed by atoms with van der Waals surface area (Å²) in [6, 6.07) is 9.95. The van der Waals surface area contributed by atoms with E-state index in [9.17, 15) is 14.0 Å². The lowest BCUT2D eigenvalue weighted by Gasteiger charge is -2.18. The van der Waals surface area contributed by atoms with Crippen LogP contribution in [0.5, 0.6) is 0 Å². The van der Waals surface area contributed by atoms with Gasteiger partial charge >= 0.3 is 0 Å². The molecule has 1 N–H and O–H groups in total. The summed E-state index contributed by atoms with van der Waals surface area (Å²) in [6.45, 7) is 3.72. The lowest BCUT2D eigenvalue weighted by Crippen LogP contribution is -2.22. The Hall–Kier alpha value is -2.75. The lowest BCUT2D eigenvalue weighted by atomic mass is 9.92. The molecule has 0 saturated carbocycles. The molecule has 3 rings (SSSR count). The van der Waals surface area contributed by atoms with Gasteiger partial charge in [-0.1, -0.05) is 37.3 Å². The van der Waals surface area contributed by atoms with Crippen molar-refractivity contribution in [2.75, 3.05) is 5.32 Å². The number of fused-ring (bicyclic) bond motifs is 1. The van der Waals surface area contributed by atoms with Crippen LogP contribution >= 0.6 is 0 Å². The molecule has 1 aliphatic carbocycles. The van der Waals surface area contributed by atoms with E-state index >= 15 is 0 Å². The van der Waals surface area contributed by atoms with Gasteiger partial charge in [-0.25, -0.2) is 4.39 Å². The molecule has 0 bridgehead atoms. The predicted octanol–water partition coefficient (Wildman–Crippen LogP) is 4.07. The van der Waals surface area contributed by atoms with Crippen LogP contribution in [0.25, 0.3) is 0 Å². The molecule has 3 nitrogen and oxygen atoms in total. The van der Waals surface area contributed by atoms with Crippen molar-refractivity contribution in [3.05, 3.63) is 76.2 Å². The molecule has 0 aliphatic heterocycles. The molecule has 23 heavy (non-hydrogen) atoms. The van der Waals surface area contributed by atoms with Crippen LogP contribution in [0, 0.1) is 12.7 Å². The number of benzene rings is 2. The first kappa shape index (κ1) is 15.2. The molecular formula is C19H16FNO2. The van der Waals surface area contributed by atoms with Crippen LogP contribution in [-0.2, 0) is 6.42 Å². The zero-order valence-corrected chi connectivity index (χ0v) is 12.9. The van der Waals surface area contributed by atoms with Gasteiger partial charge in [0.05, 0.1) is 11.4 Å². The maximum atomic E-state index is 14.3. The molecule has 0 fully saturated rings. The van der Waals surface area contributed by atoms with Gasteiger partial charge in [0.2, 0.25) is 5.78 Å². The number of allylic oxidation sites excluding steroid dienone is 2. The molecule has 0 saturated heterocycles. The van der Waals surface area contributed by atoms with Gasteiger partial charge < -0.3 is 5.32 Å². The number of nitrogens with one attached hydrogen (secondary N) is 1. The van der Waals surface area contributed by atoms with Crippen molar-refractivity contribution < 1.29 is 14.0 Å². The Balaban J connectivity index is 1.99.